The highest BCUT2D eigenvalue weighted by atomic mass is 16.4. The Balaban J connectivity index is 2.53. The van der Waals surface area contributed by atoms with E-state index in [2.05, 4.69) is 11.1 Å². The van der Waals surface area contributed by atoms with Crippen molar-refractivity contribution < 1.29 is 9.90 Å². The molecule has 0 unspecified atom stereocenters. The van der Waals surface area contributed by atoms with Gasteiger partial charge in [0.05, 0.1) is 0 Å². The Morgan fingerprint density at radius 1 is 1.18 bits per heavy atom. The quantitative estimate of drug-likeness (QED) is 0.857. The van der Waals surface area contributed by atoms with E-state index in [1.807, 2.05) is 32.0 Å². The largest absolute Gasteiger partial charge is 0.477 e. The zero-order chi connectivity index (χ0) is 12.4. The third kappa shape index (κ3) is 2.33. The second-order valence-corrected chi connectivity index (χ2v) is 4.05. The van der Waals surface area contributed by atoms with Crippen LogP contribution in [-0.2, 0) is 0 Å². The first-order valence-electron chi connectivity index (χ1n) is 5.35. The number of carbonyl (C=O) groups is 1. The Morgan fingerprint density at radius 3 is 2.59 bits per heavy atom. The maximum absolute atomic E-state index is 10.9. The van der Waals surface area contributed by atoms with Gasteiger partial charge in [0.1, 0.15) is 5.69 Å². The summed E-state index contributed by atoms with van der Waals surface area (Å²) in [5.41, 5.74) is 4.32. The van der Waals surface area contributed by atoms with E-state index in [9.17, 15) is 4.79 Å². The first-order chi connectivity index (χ1) is 8.08. The van der Waals surface area contributed by atoms with Crippen molar-refractivity contribution in [3.8, 4) is 11.1 Å². The predicted molar refractivity (Wildman–Crippen MR) is 66.1 cm³/mol. The number of aryl methyl sites for hydroxylation is 2. The molecule has 3 heteroatoms. The molecule has 2 rings (SSSR count). The summed E-state index contributed by atoms with van der Waals surface area (Å²) in [5.74, 6) is -1.00. The van der Waals surface area contributed by atoms with Crippen molar-refractivity contribution in [1.82, 2.24) is 4.98 Å². The van der Waals surface area contributed by atoms with Crippen molar-refractivity contribution in [2.45, 2.75) is 13.8 Å². The van der Waals surface area contributed by atoms with Gasteiger partial charge in [-0.05, 0) is 42.7 Å². The summed E-state index contributed by atoms with van der Waals surface area (Å²) in [5, 5.41) is 8.91. The van der Waals surface area contributed by atoms with E-state index in [1.165, 1.54) is 11.8 Å². The van der Waals surface area contributed by atoms with E-state index in [0.717, 1.165) is 16.7 Å². The van der Waals surface area contributed by atoms with Crippen LogP contribution in [0.5, 0.6) is 0 Å². The number of benzene rings is 1. The van der Waals surface area contributed by atoms with E-state index in [0.29, 0.717) is 0 Å². The summed E-state index contributed by atoms with van der Waals surface area (Å²) in [7, 11) is 0. The Hall–Kier alpha value is -2.16. The molecule has 17 heavy (non-hydrogen) atoms. The maximum Gasteiger partial charge on any atom is 0.354 e. The van der Waals surface area contributed by atoms with Gasteiger partial charge in [0.25, 0.3) is 0 Å². The number of carboxylic acids is 1. The fourth-order valence-electron chi connectivity index (χ4n) is 1.85. The molecular formula is C14H13NO2. The van der Waals surface area contributed by atoms with E-state index in [1.54, 1.807) is 6.07 Å². The molecule has 3 nitrogen and oxygen atoms in total. The number of hydrogen-bond acceptors (Lipinski definition) is 2. The molecule has 1 N–H and O–H groups in total. The van der Waals surface area contributed by atoms with Crippen LogP contribution in [0.3, 0.4) is 0 Å². The number of nitrogens with zero attached hydrogens (tertiary/aromatic N) is 1. The third-order valence-electron chi connectivity index (χ3n) is 2.67. The zero-order valence-corrected chi connectivity index (χ0v) is 9.77. The smallest absolute Gasteiger partial charge is 0.354 e. The molecule has 0 spiro atoms. The number of pyridine rings is 1. The van der Waals surface area contributed by atoms with Crippen LogP contribution in [0.25, 0.3) is 11.1 Å². The summed E-state index contributed by atoms with van der Waals surface area (Å²) in [4.78, 5) is 14.7. The topological polar surface area (TPSA) is 50.2 Å². The van der Waals surface area contributed by atoms with Gasteiger partial charge in [-0.2, -0.15) is 0 Å². The van der Waals surface area contributed by atoms with Crippen LogP contribution in [0.4, 0.5) is 0 Å². The zero-order valence-electron chi connectivity index (χ0n) is 9.77. The monoisotopic (exact) mass is 227 g/mol. The second kappa shape index (κ2) is 4.37. The molecule has 0 fully saturated rings. The molecule has 0 saturated heterocycles. The fourth-order valence-corrected chi connectivity index (χ4v) is 1.85. The van der Waals surface area contributed by atoms with Crippen LogP contribution in [0.2, 0.25) is 0 Å². The van der Waals surface area contributed by atoms with Gasteiger partial charge in [-0.3, -0.25) is 0 Å². The highest BCUT2D eigenvalue weighted by molar-refractivity contribution is 5.87. The van der Waals surface area contributed by atoms with Gasteiger partial charge in [-0.15, -0.1) is 0 Å². The first-order valence-corrected chi connectivity index (χ1v) is 5.35. The lowest BCUT2D eigenvalue weighted by atomic mass is 9.99. The molecule has 1 aromatic heterocycles. The molecule has 0 atom stereocenters. The van der Waals surface area contributed by atoms with E-state index in [4.69, 9.17) is 5.11 Å². The predicted octanol–water partition coefficient (Wildman–Crippen LogP) is 3.06. The van der Waals surface area contributed by atoms with Crippen molar-refractivity contribution in [2.75, 3.05) is 0 Å². The molecule has 0 aliphatic heterocycles. The van der Waals surface area contributed by atoms with E-state index < -0.39 is 5.97 Å². The molecule has 0 aliphatic carbocycles. The van der Waals surface area contributed by atoms with Crippen LogP contribution in [0.15, 0.2) is 36.5 Å². The van der Waals surface area contributed by atoms with Gasteiger partial charge in [0, 0.05) is 6.20 Å². The average Bonchev–Trinajstić information content (AvgIpc) is 2.29. The standard InChI is InChI=1S/C14H13NO2/c1-9-3-4-12(10(2)7-9)11-5-6-15-13(8-11)14(16)17/h3-8H,1-2H3,(H,16,17). The normalized spacial score (nSPS) is 10.2. The van der Waals surface area contributed by atoms with Gasteiger partial charge in [0.15, 0.2) is 0 Å². The van der Waals surface area contributed by atoms with Crippen LogP contribution >= 0.6 is 0 Å². The van der Waals surface area contributed by atoms with Gasteiger partial charge >= 0.3 is 5.97 Å². The van der Waals surface area contributed by atoms with Crippen molar-refractivity contribution in [3.63, 3.8) is 0 Å². The van der Waals surface area contributed by atoms with Gasteiger partial charge in [-0.1, -0.05) is 23.8 Å². The van der Waals surface area contributed by atoms with Gasteiger partial charge < -0.3 is 5.11 Å². The van der Waals surface area contributed by atoms with E-state index in [-0.39, 0.29) is 5.69 Å². The Morgan fingerprint density at radius 2 is 1.94 bits per heavy atom. The molecular weight excluding hydrogens is 214 g/mol. The first kappa shape index (κ1) is 11.3. The van der Waals surface area contributed by atoms with Crippen molar-refractivity contribution in [1.29, 1.82) is 0 Å². The molecule has 1 heterocycles. The Bertz CT molecular complexity index is 576. The lowest BCUT2D eigenvalue weighted by molar-refractivity contribution is 0.0690. The Kier molecular flexibility index (Phi) is 2.91. The van der Waals surface area contributed by atoms with Gasteiger partial charge in [-0.25, -0.2) is 9.78 Å². The molecule has 0 saturated carbocycles. The third-order valence-corrected chi connectivity index (χ3v) is 2.67. The molecule has 1 aromatic carbocycles. The number of rotatable bonds is 2. The average molecular weight is 227 g/mol. The molecule has 2 aromatic rings. The molecule has 0 radical (unpaired) electrons. The molecule has 0 bridgehead atoms. The number of hydrogen-bond donors (Lipinski definition) is 1. The van der Waals surface area contributed by atoms with Gasteiger partial charge in [0.2, 0.25) is 0 Å². The fraction of sp³-hybridized carbons (Fsp3) is 0.143. The number of aromatic carboxylic acids is 1. The van der Waals surface area contributed by atoms with Crippen LogP contribution in [0, 0.1) is 13.8 Å². The van der Waals surface area contributed by atoms with Crippen molar-refractivity contribution >= 4 is 5.97 Å². The SMILES string of the molecule is Cc1ccc(-c2ccnc(C(=O)O)c2)c(C)c1. The maximum atomic E-state index is 10.9. The molecule has 86 valence electrons. The minimum atomic E-state index is -1.00. The summed E-state index contributed by atoms with van der Waals surface area (Å²) in [6, 6.07) is 9.52. The van der Waals surface area contributed by atoms with E-state index >= 15 is 0 Å². The highest BCUT2D eigenvalue weighted by Crippen LogP contribution is 2.24. The lowest BCUT2D eigenvalue weighted by Gasteiger charge is -2.07. The lowest BCUT2D eigenvalue weighted by Crippen LogP contribution is -1.99. The summed E-state index contributed by atoms with van der Waals surface area (Å²) in [6.07, 6.45) is 1.53. The van der Waals surface area contributed by atoms with Crippen LogP contribution in [-0.4, -0.2) is 16.1 Å². The van der Waals surface area contributed by atoms with Crippen molar-refractivity contribution in [3.05, 3.63) is 53.3 Å². The minimum Gasteiger partial charge on any atom is -0.477 e. The van der Waals surface area contributed by atoms with Crippen LogP contribution in [0.1, 0.15) is 21.6 Å². The van der Waals surface area contributed by atoms with Crippen molar-refractivity contribution in [2.24, 2.45) is 0 Å². The minimum absolute atomic E-state index is 0.0717. The number of carboxylic acid groups (broad SMARTS) is 1. The Labute approximate surface area is 99.8 Å². The summed E-state index contributed by atoms with van der Waals surface area (Å²) >= 11 is 0. The summed E-state index contributed by atoms with van der Waals surface area (Å²) in [6.45, 7) is 4.05. The van der Waals surface area contributed by atoms with Crippen LogP contribution < -0.4 is 0 Å². The molecule has 0 amide bonds. The highest BCUT2D eigenvalue weighted by Gasteiger charge is 2.07. The molecule has 0 aliphatic rings. The number of aromatic nitrogens is 1. The second-order valence-electron chi connectivity index (χ2n) is 4.05. The summed E-state index contributed by atoms with van der Waals surface area (Å²) < 4.78 is 0.